The molecule has 4 heterocycles. The van der Waals surface area contributed by atoms with Crippen molar-refractivity contribution < 1.29 is 9.31 Å². The molecule has 224 valence electrons. The van der Waals surface area contributed by atoms with E-state index in [4.69, 9.17) is 20.9 Å². The predicted molar refractivity (Wildman–Crippen MR) is 188 cm³/mol. The van der Waals surface area contributed by atoms with Gasteiger partial charge < -0.3 is 13.7 Å². The van der Waals surface area contributed by atoms with Gasteiger partial charge in [-0.3, -0.25) is 0 Å². The first-order valence-electron chi connectivity index (χ1n) is 15.7. The van der Waals surface area contributed by atoms with Crippen LogP contribution in [0.25, 0.3) is 49.2 Å². The molecule has 1 atom stereocenters. The number of para-hydroxylation sites is 1. The molecule has 4 nitrogen and oxygen atoms in total. The van der Waals surface area contributed by atoms with Crippen LogP contribution in [0.2, 0.25) is 5.15 Å². The molecule has 0 aliphatic carbocycles. The van der Waals surface area contributed by atoms with E-state index in [1.54, 1.807) is 6.20 Å². The quantitative estimate of drug-likeness (QED) is 0.147. The van der Waals surface area contributed by atoms with Crippen LogP contribution in [0.5, 0.6) is 0 Å². The summed E-state index contributed by atoms with van der Waals surface area (Å²) in [7, 11) is -0.470. The monoisotopic (exact) mass is 610 g/mol. The minimum absolute atomic E-state index is 0.0947. The Morgan fingerprint density at radius 1 is 0.756 bits per heavy atom. The zero-order chi connectivity index (χ0) is 31.3. The van der Waals surface area contributed by atoms with Crippen LogP contribution >= 0.6 is 11.6 Å². The van der Waals surface area contributed by atoms with Crippen LogP contribution in [0.1, 0.15) is 52.7 Å². The highest BCUT2D eigenvalue weighted by atomic mass is 35.5. The molecular weight excluding hydrogens is 575 g/mol. The first-order chi connectivity index (χ1) is 21.4. The number of nitrogens with zero attached hydrogens (tertiary/aromatic N) is 2. The summed E-state index contributed by atoms with van der Waals surface area (Å²) < 4.78 is 16.0. The van der Waals surface area contributed by atoms with Gasteiger partial charge >= 0.3 is 7.12 Å². The molecule has 4 aromatic carbocycles. The Labute approximate surface area is 269 Å². The van der Waals surface area contributed by atoms with Crippen molar-refractivity contribution in [1.82, 2.24) is 9.38 Å². The molecule has 6 heteroatoms. The van der Waals surface area contributed by atoms with Gasteiger partial charge in [0.2, 0.25) is 0 Å². The van der Waals surface area contributed by atoms with E-state index < -0.39 is 18.3 Å². The van der Waals surface area contributed by atoms with Gasteiger partial charge in [-0.15, -0.1) is 0 Å². The largest absolute Gasteiger partial charge is 0.494 e. The fourth-order valence-electron chi connectivity index (χ4n) is 7.13. The molecule has 0 radical (unpaired) electrons. The number of benzene rings is 4. The van der Waals surface area contributed by atoms with Crippen molar-refractivity contribution >= 4 is 62.3 Å². The van der Waals surface area contributed by atoms with Gasteiger partial charge in [0.1, 0.15) is 5.15 Å². The third-order valence-corrected chi connectivity index (χ3v) is 10.3. The number of hydrogen-bond donors (Lipinski definition) is 0. The van der Waals surface area contributed by atoms with E-state index in [9.17, 15) is 0 Å². The maximum atomic E-state index is 6.87. The molecular formula is C39H36BClN2O2. The van der Waals surface area contributed by atoms with Crippen molar-refractivity contribution in [2.45, 2.75) is 64.6 Å². The van der Waals surface area contributed by atoms with E-state index in [1.807, 2.05) is 12.1 Å². The Hall–Kier alpha value is -3.90. The number of pyridine rings is 1. The third-order valence-electron chi connectivity index (χ3n) is 10.0. The number of aromatic nitrogens is 2. The van der Waals surface area contributed by atoms with E-state index >= 15 is 0 Å². The molecule has 0 bridgehead atoms. The van der Waals surface area contributed by atoms with Crippen LogP contribution in [-0.4, -0.2) is 27.7 Å². The normalized spacial score (nSPS) is 18.7. The molecule has 0 spiro atoms. The molecule has 1 aliphatic rings. The Kier molecular flexibility index (Phi) is 6.22. The summed E-state index contributed by atoms with van der Waals surface area (Å²) in [6, 6.07) is 32.8. The minimum atomic E-state index is -0.544. The van der Waals surface area contributed by atoms with Gasteiger partial charge in [0.05, 0.1) is 27.8 Å². The summed E-state index contributed by atoms with van der Waals surface area (Å²) in [5.74, 6) is 0. The van der Waals surface area contributed by atoms with Crippen LogP contribution in [0.4, 0.5) is 0 Å². The summed E-state index contributed by atoms with van der Waals surface area (Å²) in [6.45, 7) is 13.3. The first-order valence-corrected chi connectivity index (χ1v) is 16.1. The molecule has 1 fully saturated rings. The second-order valence-corrected chi connectivity index (χ2v) is 14.7. The van der Waals surface area contributed by atoms with Crippen LogP contribution in [-0.2, 0) is 21.1 Å². The van der Waals surface area contributed by atoms with E-state index in [2.05, 4.69) is 130 Å². The lowest BCUT2D eigenvalue weighted by Gasteiger charge is -2.36. The van der Waals surface area contributed by atoms with Gasteiger partial charge in [-0.05, 0) is 84.2 Å². The van der Waals surface area contributed by atoms with Crippen LogP contribution in [0.15, 0.2) is 97.2 Å². The van der Waals surface area contributed by atoms with Crippen LogP contribution < -0.4 is 5.46 Å². The second-order valence-electron chi connectivity index (χ2n) is 14.3. The molecule has 7 aromatic rings. The average molecular weight is 611 g/mol. The lowest BCUT2D eigenvalue weighted by molar-refractivity contribution is -0.00876. The lowest BCUT2D eigenvalue weighted by atomic mass is 9.78. The van der Waals surface area contributed by atoms with Crippen molar-refractivity contribution in [2.24, 2.45) is 0 Å². The molecule has 0 N–H and O–H groups in total. The van der Waals surface area contributed by atoms with Crippen molar-refractivity contribution in [1.29, 1.82) is 0 Å². The molecule has 1 unspecified atom stereocenters. The van der Waals surface area contributed by atoms with Crippen molar-refractivity contribution in [3.63, 3.8) is 0 Å². The number of hydrogen-bond acceptors (Lipinski definition) is 3. The minimum Gasteiger partial charge on any atom is -0.399 e. The molecule has 8 rings (SSSR count). The summed E-state index contributed by atoms with van der Waals surface area (Å²) in [6.07, 6.45) is 2.45. The van der Waals surface area contributed by atoms with E-state index in [0.717, 1.165) is 16.6 Å². The van der Waals surface area contributed by atoms with Crippen molar-refractivity contribution in [3.8, 4) is 11.1 Å². The van der Waals surface area contributed by atoms with E-state index in [-0.39, 0.29) is 5.41 Å². The highest BCUT2D eigenvalue weighted by molar-refractivity contribution is 6.62. The molecule has 1 saturated heterocycles. The van der Waals surface area contributed by atoms with Crippen molar-refractivity contribution in [3.05, 3.63) is 113 Å². The van der Waals surface area contributed by atoms with Crippen LogP contribution in [0.3, 0.4) is 0 Å². The Balaban J connectivity index is 1.16. The van der Waals surface area contributed by atoms with Gasteiger partial charge in [-0.2, -0.15) is 0 Å². The summed E-state index contributed by atoms with van der Waals surface area (Å²) in [5, 5.41) is 5.57. The summed E-state index contributed by atoms with van der Waals surface area (Å²) in [4.78, 5) is 4.13. The average Bonchev–Trinajstić information content (AvgIpc) is 3.60. The SMILES string of the molecule is CC(C)(C)c1ccc2c(c1)c1cccc3c4cc(B5OC(C)(C)C(C)(Cc6cccc(-c7ccnc(Cl)c7)c6)O5)ccc4n2c31. The first kappa shape index (κ1) is 28.6. The Bertz CT molecular complexity index is 2270. The zero-order valence-electron chi connectivity index (χ0n) is 26.6. The topological polar surface area (TPSA) is 35.8 Å². The Morgan fingerprint density at radius 3 is 2.18 bits per heavy atom. The van der Waals surface area contributed by atoms with Crippen LogP contribution in [0, 0.1) is 0 Å². The van der Waals surface area contributed by atoms with Gasteiger partial charge in [-0.1, -0.05) is 93.0 Å². The predicted octanol–water partition coefficient (Wildman–Crippen LogP) is 9.37. The van der Waals surface area contributed by atoms with E-state index in [0.29, 0.717) is 11.6 Å². The molecule has 0 amide bonds. The molecule has 1 aliphatic heterocycles. The molecule has 3 aromatic heterocycles. The lowest BCUT2D eigenvalue weighted by Crippen LogP contribution is -2.46. The highest BCUT2D eigenvalue weighted by Crippen LogP contribution is 2.42. The van der Waals surface area contributed by atoms with Gasteiger partial charge in [0.25, 0.3) is 0 Å². The molecule has 0 saturated carbocycles. The second kappa shape index (κ2) is 9.80. The maximum absolute atomic E-state index is 6.87. The third kappa shape index (κ3) is 4.47. The number of rotatable bonds is 4. The molecule has 45 heavy (non-hydrogen) atoms. The number of halogens is 1. The summed E-state index contributed by atoms with van der Waals surface area (Å²) in [5.41, 5.74) is 8.48. The Morgan fingerprint density at radius 2 is 1.44 bits per heavy atom. The summed E-state index contributed by atoms with van der Waals surface area (Å²) >= 11 is 6.18. The maximum Gasteiger partial charge on any atom is 0.494 e. The fraction of sp³-hybridized carbons (Fsp3) is 0.256. The highest BCUT2D eigenvalue weighted by Gasteiger charge is 2.54. The smallest absolute Gasteiger partial charge is 0.399 e. The standard InChI is InChI=1S/C39H36BClN2O2/c1-37(2,3)27-13-15-33-31(21-27)29-11-8-12-30-32-22-28(14-16-34(32)43(33)36(29)30)40-44-38(4,5)39(6,45-40)23-24-9-7-10-25(19-24)26-17-18-42-35(41)20-26/h7-22H,23H2,1-6H3. The van der Waals surface area contributed by atoms with Gasteiger partial charge in [0, 0.05) is 34.2 Å². The van der Waals surface area contributed by atoms with Gasteiger partial charge in [-0.25, -0.2) is 4.98 Å². The number of fused-ring (bicyclic) bond motifs is 6. The zero-order valence-corrected chi connectivity index (χ0v) is 27.4. The van der Waals surface area contributed by atoms with Crippen molar-refractivity contribution in [2.75, 3.05) is 0 Å². The fourth-order valence-corrected chi connectivity index (χ4v) is 7.31. The van der Waals surface area contributed by atoms with E-state index in [1.165, 1.54) is 49.2 Å². The van der Waals surface area contributed by atoms with Gasteiger partial charge in [0.15, 0.2) is 0 Å².